The summed E-state index contributed by atoms with van der Waals surface area (Å²) in [5.74, 6) is 0. The van der Waals surface area contributed by atoms with E-state index in [9.17, 15) is 0 Å². The standard InChI is InChI=1S/C74H67BN2O/c1-71(2,3)53-38-54(72(4,5)6)41-57(40-53)76-63-34-50-30-46-22-15-13-20-44(46)28-48(50)32-61(63)75-62-33-49-29-45-21-14-16-23-47(45)31-51(49)35-64(62)77(58-42-55(73(7,8)9)39-56(43-58)74(10,11)12)66-37-52(36-65(76)70(66)75)59-25-19-27-68-69(59)60-24-17-18-26-67(60)78-68/h13-43H,1-12H3. The van der Waals surface area contributed by atoms with Gasteiger partial charge < -0.3 is 14.2 Å². The summed E-state index contributed by atoms with van der Waals surface area (Å²) < 4.78 is 6.69. The summed E-state index contributed by atoms with van der Waals surface area (Å²) >= 11 is 0. The molecule has 0 atom stereocenters. The Morgan fingerprint density at radius 2 is 0.718 bits per heavy atom. The summed E-state index contributed by atoms with van der Waals surface area (Å²) in [6.07, 6.45) is 0. The smallest absolute Gasteiger partial charge is 0.252 e. The van der Waals surface area contributed by atoms with Gasteiger partial charge in [0.25, 0.3) is 6.71 Å². The van der Waals surface area contributed by atoms with Crippen molar-refractivity contribution in [2.45, 2.75) is 105 Å². The van der Waals surface area contributed by atoms with Gasteiger partial charge in [-0.2, -0.15) is 0 Å². The molecule has 0 unspecified atom stereocenters. The molecule has 0 fully saturated rings. The van der Waals surface area contributed by atoms with Crippen LogP contribution in [0.2, 0.25) is 0 Å². The summed E-state index contributed by atoms with van der Waals surface area (Å²) in [6.45, 7) is 28.2. The van der Waals surface area contributed by atoms with E-state index in [4.69, 9.17) is 4.42 Å². The first kappa shape index (κ1) is 48.3. The van der Waals surface area contributed by atoms with E-state index in [0.717, 1.165) is 33.1 Å². The van der Waals surface area contributed by atoms with Crippen molar-refractivity contribution in [3.8, 4) is 11.1 Å². The molecular formula is C74H67BN2O. The van der Waals surface area contributed by atoms with E-state index >= 15 is 0 Å². The van der Waals surface area contributed by atoms with E-state index in [0.29, 0.717) is 0 Å². The second kappa shape index (κ2) is 16.7. The largest absolute Gasteiger partial charge is 0.456 e. The maximum atomic E-state index is 6.69. The van der Waals surface area contributed by atoms with E-state index < -0.39 is 0 Å². The molecule has 0 saturated heterocycles. The molecule has 4 heteroatoms. The molecule has 2 aliphatic rings. The van der Waals surface area contributed by atoms with Crippen LogP contribution in [0, 0.1) is 0 Å². The number of hydrogen-bond acceptors (Lipinski definition) is 3. The minimum absolute atomic E-state index is 0.109. The van der Waals surface area contributed by atoms with Crippen LogP contribution in [-0.4, -0.2) is 6.71 Å². The second-order valence-electron chi connectivity index (χ2n) is 26.8. The normalized spacial score (nSPS) is 13.8. The Bertz CT molecular complexity index is 4220. The highest BCUT2D eigenvalue weighted by molar-refractivity contribution is 7.00. The zero-order valence-corrected chi connectivity index (χ0v) is 47.3. The zero-order chi connectivity index (χ0) is 53.9. The van der Waals surface area contributed by atoms with Gasteiger partial charge in [-0.05, 0) is 199 Å². The maximum Gasteiger partial charge on any atom is 0.252 e. The molecule has 78 heavy (non-hydrogen) atoms. The molecule has 3 heterocycles. The van der Waals surface area contributed by atoms with E-state index in [-0.39, 0.29) is 28.4 Å². The number of fused-ring (bicyclic) bond motifs is 11. The molecule has 0 amide bonds. The Kier molecular flexibility index (Phi) is 10.4. The van der Waals surface area contributed by atoms with Gasteiger partial charge in [0.1, 0.15) is 11.2 Å². The Labute approximate surface area is 460 Å². The number of anilines is 6. The summed E-state index contributed by atoms with van der Waals surface area (Å²) in [5, 5.41) is 12.2. The Hall–Kier alpha value is -8.08. The monoisotopic (exact) mass is 1010 g/mol. The average Bonchev–Trinajstić information content (AvgIpc) is 2.36. The van der Waals surface area contributed by atoms with Gasteiger partial charge in [-0.25, -0.2) is 0 Å². The van der Waals surface area contributed by atoms with Gasteiger partial charge in [-0.3, -0.25) is 0 Å². The minimum Gasteiger partial charge on any atom is -0.456 e. The third-order valence-electron chi connectivity index (χ3n) is 17.2. The van der Waals surface area contributed by atoms with Gasteiger partial charge in [0.2, 0.25) is 0 Å². The lowest BCUT2D eigenvalue weighted by molar-refractivity contribution is 0.568. The van der Waals surface area contributed by atoms with Crippen LogP contribution in [0.5, 0.6) is 0 Å². The lowest BCUT2D eigenvalue weighted by Gasteiger charge is -2.45. The van der Waals surface area contributed by atoms with Gasteiger partial charge >= 0.3 is 0 Å². The number of furan rings is 1. The van der Waals surface area contributed by atoms with Crippen molar-refractivity contribution >= 4 is 122 Å². The lowest BCUT2D eigenvalue weighted by atomic mass is 9.33. The first-order valence-electron chi connectivity index (χ1n) is 28.1. The highest BCUT2D eigenvalue weighted by Crippen LogP contribution is 2.51. The highest BCUT2D eigenvalue weighted by Gasteiger charge is 2.45. The van der Waals surface area contributed by atoms with Crippen molar-refractivity contribution in [1.29, 1.82) is 0 Å². The van der Waals surface area contributed by atoms with Crippen LogP contribution in [0.25, 0.3) is 76.2 Å². The van der Waals surface area contributed by atoms with Crippen LogP contribution in [-0.2, 0) is 21.7 Å². The Morgan fingerprint density at radius 3 is 1.14 bits per heavy atom. The average molecular weight is 1010 g/mol. The summed E-state index contributed by atoms with van der Waals surface area (Å²) in [6, 6.07) is 72.5. The minimum atomic E-state index is -0.111. The number of rotatable bonds is 3. The van der Waals surface area contributed by atoms with Crippen LogP contribution in [0.15, 0.2) is 192 Å². The molecule has 0 bridgehead atoms. The zero-order valence-electron chi connectivity index (χ0n) is 47.3. The molecule has 14 rings (SSSR count). The molecule has 2 aliphatic heterocycles. The van der Waals surface area contributed by atoms with Gasteiger partial charge in [-0.15, -0.1) is 0 Å². The molecule has 12 aromatic rings. The molecule has 382 valence electrons. The Morgan fingerprint density at radius 1 is 0.333 bits per heavy atom. The van der Waals surface area contributed by atoms with Crippen molar-refractivity contribution in [2.24, 2.45) is 0 Å². The van der Waals surface area contributed by atoms with E-state index in [2.05, 4.69) is 281 Å². The van der Waals surface area contributed by atoms with Crippen molar-refractivity contribution < 1.29 is 4.42 Å². The quantitative estimate of drug-likeness (QED) is 0.130. The molecule has 0 radical (unpaired) electrons. The molecule has 11 aromatic carbocycles. The molecule has 3 nitrogen and oxygen atoms in total. The van der Waals surface area contributed by atoms with Crippen LogP contribution in [0.4, 0.5) is 34.1 Å². The number of hydrogen-bond donors (Lipinski definition) is 0. The predicted octanol–water partition coefficient (Wildman–Crippen LogP) is 19.1. The Balaban J connectivity index is 1.19. The first-order chi connectivity index (χ1) is 37.1. The summed E-state index contributed by atoms with van der Waals surface area (Å²) in [7, 11) is 0. The van der Waals surface area contributed by atoms with Gasteiger partial charge in [-0.1, -0.05) is 186 Å². The van der Waals surface area contributed by atoms with Crippen LogP contribution < -0.4 is 26.2 Å². The number of para-hydroxylation sites is 1. The fraction of sp³-hybridized carbons (Fsp3) is 0.216. The van der Waals surface area contributed by atoms with E-state index in [1.807, 2.05) is 0 Å². The molecule has 0 aliphatic carbocycles. The molecule has 1 aromatic heterocycles. The molecule has 0 saturated carbocycles. The molecular weight excluding hydrogens is 944 g/mol. The molecule has 0 N–H and O–H groups in total. The number of benzene rings is 11. The maximum absolute atomic E-state index is 6.69. The van der Waals surface area contributed by atoms with Crippen LogP contribution >= 0.6 is 0 Å². The van der Waals surface area contributed by atoms with E-state index in [1.54, 1.807) is 0 Å². The lowest BCUT2D eigenvalue weighted by Crippen LogP contribution is -2.61. The fourth-order valence-electron chi connectivity index (χ4n) is 12.8. The number of nitrogens with zero attached hydrogens (tertiary/aromatic N) is 2. The van der Waals surface area contributed by atoms with Gasteiger partial charge in [0, 0.05) is 44.9 Å². The van der Waals surface area contributed by atoms with Crippen molar-refractivity contribution in [2.75, 3.05) is 9.80 Å². The van der Waals surface area contributed by atoms with Gasteiger partial charge in [0.05, 0.1) is 0 Å². The first-order valence-corrected chi connectivity index (χ1v) is 28.1. The van der Waals surface area contributed by atoms with Crippen LogP contribution in [0.1, 0.15) is 105 Å². The summed E-state index contributed by atoms with van der Waals surface area (Å²) in [4.78, 5) is 5.32. The van der Waals surface area contributed by atoms with Crippen molar-refractivity contribution in [3.05, 3.63) is 210 Å². The van der Waals surface area contributed by atoms with Crippen molar-refractivity contribution in [1.82, 2.24) is 0 Å². The molecule has 0 spiro atoms. The summed E-state index contributed by atoms with van der Waals surface area (Å²) in [5.41, 5.74) is 20.0. The predicted molar refractivity (Wildman–Crippen MR) is 338 cm³/mol. The third-order valence-corrected chi connectivity index (χ3v) is 17.2. The third kappa shape index (κ3) is 7.69. The van der Waals surface area contributed by atoms with Crippen LogP contribution in [0.3, 0.4) is 0 Å². The highest BCUT2D eigenvalue weighted by atomic mass is 16.3. The SMILES string of the molecule is CC(C)(C)c1cc(N2c3cc4cc5ccccc5cc4cc3B3c4cc5cc6ccccc6cc5cc4N(c4cc(C(C)(C)C)cc(C(C)(C)C)c4)c4cc(-c5cccc6oc7ccccc7c56)cc2c43)cc(C(C)(C)C)c1. The van der Waals surface area contributed by atoms with E-state index in [1.165, 1.54) is 116 Å². The van der Waals surface area contributed by atoms with Gasteiger partial charge in [0.15, 0.2) is 0 Å². The second-order valence-corrected chi connectivity index (χ2v) is 26.8. The fourth-order valence-corrected chi connectivity index (χ4v) is 12.8. The van der Waals surface area contributed by atoms with Crippen molar-refractivity contribution in [3.63, 3.8) is 0 Å². The topological polar surface area (TPSA) is 19.6 Å².